The molecule has 0 unspecified atom stereocenters. The first kappa shape index (κ1) is 14.7. The number of carbonyl (C=O) groups excluding carboxylic acids is 1. The van der Waals surface area contributed by atoms with Crippen molar-refractivity contribution in [1.29, 1.82) is 0 Å². The largest absolute Gasteiger partial charge is 0.457 e. The molecule has 0 saturated carbocycles. The Labute approximate surface area is 123 Å². The summed E-state index contributed by atoms with van der Waals surface area (Å²) in [4.78, 5) is 17.2. The molecule has 0 bridgehead atoms. The van der Waals surface area contributed by atoms with Crippen LogP contribution in [0.15, 0.2) is 30.3 Å². The van der Waals surface area contributed by atoms with Gasteiger partial charge in [-0.15, -0.1) is 11.3 Å². The summed E-state index contributed by atoms with van der Waals surface area (Å²) in [6, 6.07) is 10.1. The van der Waals surface area contributed by atoms with E-state index in [0.717, 1.165) is 27.6 Å². The fourth-order valence-electron chi connectivity index (χ4n) is 2.00. The first-order valence-corrected chi connectivity index (χ1v) is 7.65. The van der Waals surface area contributed by atoms with Gasteiger partial charge < -0.3 is 4.74 Å². The van der Waals surface area contributed by atoms with Gasteiger partial charge >= 0.3 is 5.97 Å². The van der Waals surface area contributed by atoms with Crippen LogP contribution in [0.2, 0.25) is 0 Å². The Morgan fingerprint density at radius 3 is 2.70 bits per heavy atom. The lowest BCUT2D eigenvalue weighted by Crippen LogP contribution is -2.07. The Kier molecular flexibility index (Phi) is 4.90. The molecule has 0 amide bonds. The third-order valence-electron chi connectivity index (χ3n) is 2.98. The molecule has 0 aliphatic heterocycles. The molecule has 106 valence electrons. The number of aromatic nitrogens is 1. The summed E-state index contributed by atoms with van der Waals surface area (Å²) in [5.41, 5.74) is 2.03. The molecule has 0 N–H and O–H groups in total. The maximum atomic E-state index is 11.6. The predicted octanol–water partition coefficient (Wildman–Crippen LogP) is 4.52. The van der Waals surface area contributed by atoms with Gasteiger partial charge in [0, 0.05) is 12.0 Å². The van der Waals surface area contributed by atoms with Crippen molar-refractivity contribution in [3.63, 3.8) is 0 Å². The van der Waals surface area contributed by atoms with Crippen molar-refractivity contribution >= 4 is 17.3 Å². The highest BCUT2D eigenvalue weighted by Gasteiger charge is 2.18. The number of rotatable bonds is 5. The van der Waals surface area contributed by atoms with Gasteiger partial charge in [0.15, 0.2) is 0 Å². The zero-order chi connectivity index (χ0) is 14.5. The monoisotopic (exact) mass is 289 g/mol. The Morgan fingerprint density at radius 2 is 2.05 bits per heavy atom. The van der Waals surface area contributed by atoms with Crippen LogP contribution >= 0.6 is 11.3 Å². The van der Waals surface area contributed by atoms with E-state index in [1.807, 2.05) is 51.1 Å². The Balaban J connectivity index is 2.17. The lowest BCUT2D eigenvalue weighted by atomic mass is 10.2. The molecule has 0 aliphatic carbocycles. The van der Waals surface area contributed by atoms with E-state index in [9.17, 15) is 4.79 Å². The van der Waals surface area contributed by atoms with Gasteiger partial charge in [0.25, 0.3) is 0 Å². The fraction of sp³-hybridized carbons (Fsp3) is 0.375. The number of esters is 1. The highest BCUT2D eigenvalue weighted by Crippen LogP contribution is 2.33. The van der Waals surface area contributed by atoms with E-state index in [-0.39, 0.29) is 12.1 Å². The van der Waals surface area contributed by atoms with Crippen molar-refractivity contribution in [2.75, 3.05) is 0 Å². The van der Waals surface area contributed by atoms with Crippen molar-refractivity contribution < 1.29 is 9.53 Å². The van der Waals surface area contributed by atoms with Gasteiger partial charge in [0.1, 0.15) is 11.1 Å². The molecule has 1 heterocycles. The molecular weight excluding hydrogens is 270 g/mol. The summed E-state index contributed by atoms with van der Waals surface area (Å²) >= 11 is 1.59. The highest BCUT2D eigenvalue weighted by atomic mass is 32.1. The highest BCUT2D eigenvalue weighted by molar-refractivity contribution is 7.15. The van der Waals surface area contributed by atoms with E-state index in [2.05, 4.69) is 4.98 Å². The van der Waals surface area contributed by atoms with Crippen molar-refractivity contribution in [2.24, 2.45) is 0 Å². The van der Waals surface area contributed by atoms with Crippen LogP contribution in [0.4, 0.5) is 0 Å². The van der Waals surface area contributed by atoms with Crippen molar-refractivity contribution in [3.05, 3.63) is 40.9 Å². The van der Waals surface area contributed by atoms with Crippen LogP contribution in [0.1, 0.15) is 43.4 Å². The fourth-order valence-corrected chi connectivity index (χ4v) is 3.06. The third kappa shape index (κ3) is 3.45. The SMILES string of the molecule is CCCC(=O)O[C@H](C)c1sc(-c2ccccc2)nc1C. The van der Waals surface area contributed by atoms with E-state index < -0.39 is 0 Å². The van der Waals surface area contributed by atoms with Crippen LogP contribution in [0, 0.1) is 6.92 Å². The summed E-state index contributed by atoms with van der Waals surface area (Å²) in [6.07, 6.45) is 1.04. The van der Waals surface area contributed by atoms with Gasteiger partial charge in [0.05, 0.1) is 10.6 Å². The lowest BCUT2D eigenvalue weighted by Gasteiger charge is -2.11. The molecule has 0 aliphatic rings. The molecule has 3 nitrogen and oxygen atoms in total. The minimum Gasteiger partial charge on any atom is -0.457 e. The average Bonchev–Trinajstić information content (AvgIpc) is 2.82. The maximum Gasteiger partial charge on any atom is 0.306 e. The van der Waals surface area contributed by atoms with Crippen LogP contribution in [0.3, 0.4) is 0 Å². The quantitative estimate of drug-likeness (QED) is 0.759. The van der Waals surface area contributed by atoms with Crippen molar-refractivity contribution in [1.82, 2.24) is 4.98 Å². The van der Waals surface area contributed by atoms with Gasteiger partial charge in [-0.3, -0.25) is 4.79 Å². The molecule has 20 heavy (non-hydrogen) atoms. The second-order valence-corrected chi connectivity index (χ2v) is 5.75. The molecule has 1 aromatic carbocycles. The van der Waals surface area contributed by atoms with Gasteiger partial charge in [-0.05, 0) is 20.3 Å². The second-order valence-electron chi connectivity index (χ2n) is 4.72. The van der Waals surface area contributed by atoms with Gasteiger partial charge in [-0.25, -0.2) is 4.98 Å². The molecule has 0 spiro atoms. The zero-order valence-electron chi connectivity index (χ0n) is 12.1. The minimum atomic E-state index is -0.232. The van der Waals surface area contributed by atoms with Crippen LogP contribution in [-0.2, 0) is 9.53 Å². The number of aryl methyl sites for hydroxylation is 1. The Hall–Kier alpha value is -1.68. The smallest absolute Gasteiger partial charge is 0.306 e. The van der Waals surface area contributed by atoms with E-state index in [1.54, 1.807) is 11.3 Å². The first-order valence-electron chi connectivity index (χ1n) is 6.84. The van der Waals surface area contributed by atoms with Crippen LogP contribution < -0.4 is 0 Å². The molecule has 0 radical (unpaired) electrons. The van der Waals surface area contributed by atoms with Crippen molar-refractivity contribution in [3.8, 4) is 10.6 Å². The normalized spacial score (nSPS) is 12.2. The number of nitrogens with zero attached hydrogens (tertiary/aromatic N) is 1. The summed E-state index contributed by atoms with van der Waals surface area (Å²) in [6.45, 7) is 5.84. The molecule has 1 atom stereocenters. The van der Waals surface area contributed by atoms with Gasteiger partial charge in [-0.1, -0.05) is 37.3 Å². The maximum absolute atomic E-state index is 11.6. The zero-order valence-corrected chi connectivity index (χ0v) is 12.9. The third-order valence-corrected chi connectivity index (χ3v) is 4.35. The number of ether oxygens (including phenoxy) is 1. The summed E-state index contributed by atoms with van der Waals surface area (Å²) in [5, 5.41) is 0.969. The van der Waals surface area contributed by atoms with E-state index in [4.69, 9.17) is 4.74 Å². The molecule has 2 rings (SSSR count). The van der Waals surface area contributed by atoms with Gasteiger partial charge in [0.2, 0.25) is 0 Å². The van der Waals surface area contributed by atoms with Gasteiger partial charge in [-0.2, -0.15) is 0 Å². The van der Waals surface area contributed by atoms with Crippen molar-refractivity contribution in [2.45, 2.75) is 39.7 Å². The topological polar surface area (TPSA) is 39.2 Å². The molecule has 2 aromatic rings. The van der Waals surface area contributed by atoms with E-state index >= 15 is 0 Å². The Morgan fingerprint density at radius 1 is 1.35 bits per heavy atom. The minimum absolute atomic E-state index is 0.144. The van der Waals surface area contributed by atoms with Crippen LogP contribution in [0.25, 0.3) is 10.6 Å². The summed E-state index contributed by atoms with van der Waals surface area (Å²) < 4.78 is 5.44. The van der Waals surface area contributed by atoms with Crippen LogP contribution in [-0.4, -0.2) is 11.0 Å². The molecule has 1 aromatic heterocycles. The molecule has 0 fully saturated rings. The number of hydrogen-bond donors (Lipinski definition) is 0. The number of thiazole rings is 1. The Bertz CT molecular complexity index is 577. The number of hydrogen-bond acceptors (Lipinski definition) is 4. The molecular formula is C16H19NO2S. The summed E-state index contributed by atoms with van der Waals surface area (Å²) in [5.74, 6) is -0.144. The standard InChI is InChI=1S/C16H19NO2S/c1-4-8-14(18)19-12(3)15-11(2)17-16(20-15)13-9-6-5-7-10-13/h5-7,9-10,12H,4,8H2,1-3H3/t12-/m1/s1. The second kappa shape index (κ2) is 6.66. The van der Waals surface area contributed by atoms with Crippen LogP contribution in [0.5, 0.6) is 0 Å². The molecule has 4 heteroatoms. The first-order chi connectivity index (χ1) is 9.61. The summed E-state index contributed by atoms with van der Waals surface area (Å²) in [7, 11) is 0. The average molecular weight is 289 g/mol. The van der Waals surface area contributed by atoms with E-state index in [1.165, 1.54) is 0 Å². The lowest BCUT2D eigenvalue weighted by molar-refractivity contribution is -0.148. The number of carbonyl (C=O) groups is 1. The predicted molar refractivity (Wildman–Crippen MR) is 81.7 cm³/mol. The number of benzene rings is 1. The van der Waals surface area contributed by atoms with E-state index in [0.29, 0.717) is 6.42 Å². The molecule has 0 saturated heterocycles.